The van der Waals surface area contributed by atoms with Crippen LogP contribution in [-0.2, 0) is 4.74 Å². The van der Waals surface area contributed by atoms with Crippen molar-refractivity contribution in [1.29, 1.82) is 0 Å². The lowest BCUT2D eigenvalue weighted by molar-refractivity contribution is 0.0650. The molecule has 17 heavy (non-hydrogen) atoms. The fourth-order valence-corrected chi connectivity index (χ4v) is 1.12. The summed E-state index contributed by atoms with van der Waals surface area (Å²) in [7, 11) is 0. The number of aromatic nitrogens is 1. The maximum absolute atomic E-state index is 11.6. The van der Waals surface area contributed by atoms with Crippen molar-refractivity contribution in [3.05, 3.63) is 17.5 Å². The summed E-state index contributed by atoms with van der Waals surface area (Å²) in [5.41, 5.74) is -0.0641. The fraction of sp³-hybridized carbons (Fsp3) is 0.500. The monoisotopic (exact) mass is 242 g/mol. The predicted octanol–water partition coefficient (Wildman–Crippen LogP) is 0.528. The highest BCUT2D eigenvalue weighted by atomic mass is 16.5. The van der Waals surface area contributed by atoms with E-state index in [4.69, 9.17) is 9.84 Å². The quantitative estimate of drug-likeness (QED) is 0.754. The van der Waals surface area contributed by atoms with Crippen molar-refractivity contribution in [1.82, 2.24) is 10.5 Å². The summed E-state index contributed by atoms with van der Waals surface area (Å²) < 4.78 is 9.59. The summed E-state index contributed by atoms with van der Waals surface area (Å²) in [6, 6.07) is 0.887. The number of rotatable bonds is 6. The molecule has 1 amide bonds. The van der Waals surface area contributed by atoms with E-state index in [1.807, 2.05) is 6.92 Å². The molecule has 1 atom stereocenters. The summed E-state index contributed by atoms with van der Waals surface area (Å²) in [6.45, 7) is 4.57. The lowest BCUT2D eigenvalue weighted by Crippen LogP contribution is -2.36. The molecule has 0 spiro atoms. The number of carbonyl (C=O) groups excluding carboxylic acids is 1. The molecule has 1 rings (SSSR count). The van der Waals surface area contributed by atoms with Gasteiger partial charge >= 0.3 is 5.97 Å². The highest BCUT2D eigenvalue weighted by Gasteiger charge is 2.17. The van der Waals surface area contributed by atoms with E-state index in [1.165, 1.54) is 0 Å². The van der Waals surface area contributed by atoms with Crippen molar-refractivity contribution in [2.75, 3.05) is 13.2 Å². The van der Waals surface area contributed by atoms with Crippen molar-refractivity contribution in [2.24, 2.45) is 0 Å². The Morgan fingerprint density at radius 2 is 2.35 bits per heavy atom. The molecule has 7 nitrogen and oxygen atoms in total. The van der Waals surface area contributed by atoms with Crippen LogP contribution in [0.15, 0.2) is 10.6 Å². The van der Waals surface area contributed by atoms with Crippen LogP contribution in [-0.4, -0.2) is 41.4 Å². The SMILES string of the molecule is CCOCC(C)NC(=O)c1cc(C(=O)O)on1. The molecule has 1 aromatic heterocycles. The van der Waals surface area contributed by atoms with Crippen molar-refractivity contribution in [3.8, 4) is 0 Å². The van der Waals surface area contributed by atoms with Crippen LogP contribution in [0.1, 0.15) is 34.9 Å². The molecular formula is C10H14N2O5. The number of carbonyl (C=O) groups is 2. The minimum Gasteiger partial charge on any atom is -0.475 e. The van der Waals surface area contributed by atoms with Gasteiger partial charge in [-0.05, 0) is 13.8 Å². The van der Waals surface area contributed by atoms with Crippen molar-refractivity contribution < 1.29 is 24.0 Å². The number of ether oxygens (including phenoxy) is 1. The molecular weight excluding hydrogens is 228 g/mol. The van der Waals surface area contributed by atoms with Gasteiger partial charge in [-0.3, -0.25) is 4.79 Å². The first-order chi connectivity index (χ1) is 8.04. The van der Waals surface area contributed by atoms with Crippen LogP contribution in [0.2, 0.25) is 0 Å². The molecule has 1 heterocycles. The van der Waals surface area contributed by atoms with Crippen LogP contribution in [0.4, 0.5) is 0 Å². The van der Waals surface area contributed by atoms with Crippen LogP contribution in [0.3, 0.4) is 0 Å². The van der Waals surface area contributed by atoms with E-state index in [0.717, 1.165) is 6.07 Å². The molecule has 0 aliphatic rings. The third kappa shape index (κ3) is 3.87. The van der Waals surface area contributed by atoms with Gasteiger partial charge in [0.2, 0.25) is 5.76 Å². The maximum Gasteiger partial charge on any atom is 0.374 e. The molecule has 0 fully saturated rings. The zero-order valence-electron chi connectivity index (χ0n) is 9.60. The third-order valence-corrected chi connectivity index (χ3v) is 1.90. The van der Waals surface area contributed by atoms with Gasteiger partial charge in [0, 0.05) is 18.7 Å². The molecule has 0 saturated carbocycles. The number of nitrogens with one attached hydrogen (secondary N) is 1. The Kier molecular flexibility index (Phi) is 4.65. The topological polar surface area (TPSA) is 102 Å². The van der Waals surface area contributed by atoms with Gasteiger partial charge in [0.1, 0.15) is 0 Å². The molecule has 0 aromatic carbocycles. The second-order valence-corrected chi connectivity index (χ2v) is 3.42. The van der Waals surface area contributed by atoms with Crippen LogP contribution in [0, 0.1) is 0 Å². The Labute approximate surface area is 97.7 Å². The van der Waals surface area contributed by atoms with Gasteiger partial charge in [-0.25, -0.2) is 4.79 Å². The zero-order chi connectivity index (χ0) is 12.8. The first-order valence-electron chi connectivity index (χ1n) is 5.13. The summed E-state index contributed by atoms with van der Waals surface area (Å²) in [4.78, 5) is 22.1. The van der Waals surface area contributed by atoms with E-state index in [2.05, 4.69) is 15.0 Å². The average Bonchev–Trinajstić information content (AvgIpc) is 2.75. The molecule has 0 aliphatic carbocycles. The average molecular weight is 242 g/mol. The normalized spacial score (nSPS) is 12.1. The highest BCUT2D eigenvalue weighted by Crippen LogP contribution is 2.03. The predicted molar refractivity (Wildman–Crippen MR) is 56.9 cm³/mol. The summed E-state index contributed by atoms with van der Waals surface area (Å²) in [5, 5.41) is 14.6. The number of hydrogen-bond acceptors (Lipinski definition) is 5. The Balaban J connectivity index is 2.54. The number of carboxylic acids is 1. The van der Waals surface area contributed by atoms with Crippen LogP contribution < -0.4 is 5.32 Å². The van der Waals surface area contributed by atoms with Crippen molar-refractivity contribution in [3.63, 3.8) is 0 Å². The molecule has 7 heteroatoms. The van der Waals surface area contributed by atoms with Crippen molar-refractivity contribution >= 4 is 11.9 Å². The number of nitrogens with zero attached hydrogens (tertiary/aromatic N) is 1. The van der Waals surface area contributed by atoms with Gasteiger partial charge in [0.05, 0.1) is 6.61 Å². The van der Waals surface area contributed by atoms with Crippen LogP contribution in [0.5, 0.6) is 0 Å². The molecule has 0 bridgehead atoms. The molecule has 2 N–H and O–H groups in total. The molecule has 0 radical (unpaired) electrons. The van der Waals surface area contributed by atoms with Gasteiger partial charge in [0.25, 0.3) is 5.91 Å². The Morgan fingerprint density at radius 1 is 1.65 bits per heavy atom. The van der Waals surface area contributed by atoms with Gasteiger partial charge in [-0.1, -0.05) is 5.16 Å². The maximum atomic E-state index is 11.6. The van der Waals surface area contributed by atoms with E-state index in [9.17, 15) is 9.59 Å². The number of amides is 1. The lowest BCUT2D eigenvalue weighted by atomic mass is 10.3. The van der Waals surface area contributed by atoms with E-state index in [1.54, 1.807) is 6.92 Å². The zero-order valence-corrected chi connectivity index (χ0v) is 9.60. The molecule has 0 aliphatic heterocycles. The second-order valence-electron chi connectivity index (χ2n) is 3.42. The molecule has 1 unspecified atom stereocenters. The van der Waals surface area contributed by atoms with E-state index in [0.29, 0.717) is 13.2 Å². The molecule has 1 aromatic rings. The van der Waals surface area contributed by atoms with Crippen molar-refractivity contribution in [2.45, 2.75) is 19.9 Å². The minimum absolute atomic E-state index is 0.0641. The smallest absolute Gasteiger partial charge is 0.374 e. The number of hydrogen-bond donors (Lipinski definition) is 2. The molecule has 0 saturated heterocycles. The Bertz CT molecular complexity index is 401. The molecule has 94 valence electrons. The standard InChI is InChI=1S/C10H14N2O5/c1-3-16-5-6(2)11-9(13)7-4-8(10(14)15)17-12-7/h4,6H,3,5H2,1-2H3,(H,11,13)(H,14,15). The van der Waals surface area contributed by atoms with E-state index >= 15 is 0 Å². The Hall–Kier alpha value is -1.89. The van der Waals surface area contributed by atoms with Crippen LogP contribution in [0.25, 0.3) is 0 Å². The summed E-state index contributed by atoms with van der Waals surface area (Å²) >= 11 is 0. The minimum atomic E-state index is -1.26. The third-order valence-electron chi connectivity index (χ3n) is 1.90. The largest absolute Gasteiger partial charge is 0.475 e. The number of aromatic carboxylic acids is 1. The van der Waals surface area contributed by atoms with Gasteiger partial charge in [-0.15, -0.1) is 0 Å². The highest BCUT2D eigenvalue weighted by molar-refractivity contribution is 5.94. The Morgan fingerprint density at radius 3 is 2.88 bits per heavy atom. The lowest BCUT2D eigenvalue weighted by Gasteiger charge is -2.11. The summed E-state index contributed by atoms with van der Waals surface area (Å²) in [5.74, 6) is -2.13. The second kappa shape index (κ2) is 6.00. The van der Waals surface area contributed by atoms with E-state index in [-0.39, 0.29) is 17.5 Å². The van der Waals surface area contributed by atoms with Gasteiger partial charge < -0.3 is 19.7 Å². The first-order valence-corrected chi connectivity index (χ1v) is 5.13. The number of carboxylic acid groups (broad SMARTS) is 1. The summed E-state index contributed by atoms with van der Waals surface area (Å²) in [6.07, 6.45) is 0. The van der Waals surface area contributed by atoms with Gasteiger partial charge in [0.15, 0.2) is 5.69 Å². The van der Waals surface area contributed by atoms with Crippen LogP contribution >= 0.6 is 0 Å². The van der Waals surface area contributed by atoms with E-state index < -0.39 is 11.9 Å². The van der Waals surface area contributed by atoms with Gasteiger partial charge in [-0.2, -0.15) is 0 Å². The first kappa shape index (κ1) is 13.2. The fourth-order valence-electron chi connectivity index (χ4n) is 1.12.